The molecule has 4 heteroatoms. The van der Waals surface area contributed by atoms with Gasteiger partial charge >= 0.3 is 0 Å². The Balaban J connectivity index is 2.43. The summed E-state index contributed by atoms with van der Waals surface area (Å²) in [7, 11) is 1.87. The quantitative estimate of drug-likeness (QED) is 0.526. The number of hydrogen-bond donors (Lipinski definition) is 0. The van der Waals surface area contributed by atoms with Crippen LogP contribution in [0.2, 0.25) is 0 Å². The molecule has 1 aromatic rings. The standard InChI is InChI=1S/C10H10N2O2/c1-12-9(6-13)5-7-4-8(11-14)2-3-10(7)12/h2-4,6,9H,5H2,1H3. The lowest BCUT2D eigenvalue weighted by Gasteiger charge is -2.16. The van der Waals surface area contributed by atoms with E-state index in [1.165, 1.54) is 0 Å². The highest BCUT2D eigenvalue weighted by molar-refractivity contribution is 5.74. The van der Waals surface area contributed by atoms with Crippen molar-refractivity contribution in [3.05, 3.63) is 28.7 Å². The molecule has 2 rings (SSSR count). The molecule has 1 heterocycles. The summed E-state index contributed by atoms with van der Waals surface area (Å²) < 4.78 is 0. The lowest BCUT2D eigenvalue weighted by Crippen LogP contribution is -2.28. The highest BCUT2D eigenvalue weighted by Crippen LogP contribution is 2.32. The molecule has 1 aliphatic rings. The number of carbonyl (C=O) groups is 1. The van der Waals surface area contributed by atoms with Gasteiger partial charge in [0, 0.05) is 19.2 Å². The predicted octanol–water partition coefficient (Wildman–Crippen LogP) is 1.64. The molecule has 1 aliphatic heterocycles. The molecule has 72 valence electrons. The summed E-state index contributed by atoms with van der Waals surface area (Å²) in [6.07, 6.45) is 1.59. The number of rotatable bonds is 2. The average molecular weight is 190 g/mol. The molecule has 0 saturated carbocycles. The fourth-order valence-electron chi connectivity index (χ4n) is 1.82. The summed E-state index contributed by atoms with van der Waals surface area (Å²) >= 11 is 0. The molecular weight excluding hydrogens is 180 g/mol. The van der Waals surface area contributed by atoms with Gasteiger partial charge in [0.05, 0.1) is 6.04 Å². The Bertz CT molecular complexity index is 390. The molecule has 0 aliphatic carbocycles. The molecule has 0 aromatic heterocycles. The minimum atomic E-state index is -0.105. The molecule has 0 N–H and O–H groups in total. The van der Waals surface area contributed by atoms with Crippen molar-refractivity contribution in [1.82, 2.24) is 0 Å². The van der Waals surface area contributed by atoms with Crippen molar-refractivity contribution >= 4 is 17.7 Å². The van der Waals surface area contributed by atoms with Crippen molar-refractivity contribution in [3.8, 4) is 0 Å². The maximum absolute atomic E-state index is 10.7. The van der Waals surface area contributed by atoms with Gasteiger partial charge in [-0.25, -0.2) is 0 Å². The first-order chi connectivity index (χ1) is 6.76. The summed E-state index contributed by atoms with van der Waals surface area (Å²) in [5.74, 6) is 0. The maximum Gasteiger partial charge on any atom is 0.142 e. The molecule has 0 saturated heterocycles. The molecule has 14 heavy (non-hydrogen) atoms. The summed E-state index contributed by atoms with van der Waals surface area (Å²) in [5.41, 5.74) is 2.44. The third kappa shape index (κ3) is 1.19. The van der Waals surface area contributed by atoms with Crippen molar-refractivity contribution in [2.24, 2.45) is 5.18 Å². The second-order valence-electron chi connectivity index (χ2n) is 3.42. The van der Waals surface area contributed by atoms with E-state index in [-0.39, 0.29) is 6.04 Å². The van der Waals surface area contributed by atoms with E-state index in [1.54, 1.807) is 12.1 Å². The number of hydrogen-bond acceptors (Lipinski definition) is 4. The highest BCUT2D eigenvalue weighted by Gasteiger charge is 2.25. The lowest BCUT2D eigenvalue weighted by molar-refractivity contribution is -0.108. The molecule has 4 nitrogen and oxygen atoms in total. The van der Waals surface area contributed by atoms with E-state index in [4.69, 9.17) is 0 Å². The van der Waals surface area contributed by atoms with Crippen LogP contribution in [0.3, 0.4) is 0 Å². The Morgan fingerprint density at radius 1 is 1.57 bits per heavy atom. The summed E-state index contributed by atoms with van der Waals surface area (Å²) in [6, 6.07) is 5.12. The second kappa shape index (κ2) is 3.21. The molecule has 1 unspecified atom stereocenters. The molecule has 1 aromatic carbocycles. The van der Waals surface area contributed by atoms with Gasteiger partial charge in [-0.05, 0) is 28.9 Å². The zero-order valence-corrected chi connectivity index (χ0v) is 7.80. The van der Waals surface area contributed by atoms with Crippen molar-refractivity contribution in [2.75, 3.05) is 11.9 Å². The van der Waals surface area contributed by atoms with Gasteiger partial charge in [0.15, 0.2) is 0 Å². The van der Waals surface area contributed by atoms with E-state index in [0.717, 1.165) is 17.5 Å². The van der Waals surface area contributed by atoms with Crippen molar-refractivity contribution in [2.45, 2.75) is 12.5 Å². The highest BCUT2D eigenvalue weighted by atomic mass is 16.3. The molecular formula is C10H10N2O2. The molecule has 0 fully saturated rings. The van der Waals surface area contributed by atoms with Crippen LogP contribution >= 0.6 is 0 Å². The van der Waals surface area contributed by atoms with E-state index in [9.17, 15) is 9.70 Å². The van der Waals surface area contributed by atoms with E-state index in [1.807, 2.05) is 18.0 Å². The van der Waals surface area contributed by atoms with E-state index in [0.29, 0.717) is 12.1 Å². The van der Waals surface area contributed by atoms with Gasteiger partial charge in [0.2, 0.25) is 0 Å². The first-order valence-electron chi connectivity index (χ1n) is 4.40. The largest absolute Gasteiger partial charge is 0.364 e. The third-order valence-corrected chi connectivity index (χ3v) is 2.63. The Labute approximate surface area is 81.5 Å². The van der Waals surface area contributed by atoms with Gasteiger partial charge in [-0.2, -0.15) is 0 Å². The lowest BCUT2D eigenvalue weighted by atomic mass is 10.1. The summed E-state index contributed by atoms with van der Waals surface area (Å²) in [5, 5.41) is 2.87. The fourth-order valence-corrected chi connectivity index (χ4v) is 1.82. The van der Waals surface area contributed by atoms with Gasteiger partial charge < -0.3 is 9.69 Å². The van der Waals surface area contributed by atoms with Crippen LogP contribution in [0.5, 0.6) is 0 Å². The van der Waals surface area contributed by atoms with E-state index < -0.39 is 0 Å². The normalized spacial score (nSPS) is 19.2. The summed E-state index contributed by atoms with van der Waals surface area (Å²) in [4.78, 5) is 22.9. The first kappa shape index (κ1) is 8.87. The SMILES string of the molecule is CN1c2ccc(N=O)cc2CC1C=O. The van der Waals surface area contributed by atoms with Crippen LogP contribution in [0.1, 0.15) is 5.56 Å². The van der Waals surface area contributed by atoms with E-state index >= 15 is 0 Å². The molecule has 0 bridgehead atoms. The zero-order chi connectivity index (χ0) is 10.1. The number of nitrogens with zero attached hydrogens (tertiary/aromatic N) is 2. The van der Waals surface area contributed by atoms with Crippen LogP contribution in [0.25, 0.3) is 0 Å². The van der Waals surface area contributed by atoms with Crippen LogP contribution in [0, 0.1) is 4.91 Å². The predicted molar refractivity (Wildman–Crippen MR) is 53.9 cm³/mol. The number of likely N-dealkylation sites (N-methyl/N-ethyl adjacent to an activating group) is 1. The number of benzene rings is 1. The Morgan fingerprint density at radius 2 is 2.36 bits per heavy atom. The van der Waals surface area contributed by atoms with Gasteiger partial charge in [-0.1, -0.05) is 0 Å². The van der Waals surface area contributed by atoms with Gasteiger partial charge in [0.25, 0.3) is 0 Å². The summed E-state index contributed by atoms with van der Waals surface area (Å²) in [6.45, 7) is 0. The minimum absolute atomic E-state index is 0.105. The van der Waals surface area contributed by atoms with Crippen LogP contribution in [-0.2, 0) is 11.2 Å². The third-order valence-electron chi connectivity index (χ3n) is 2.63. The number of anilines is 1. The van der Waals surface area contributed by atoms with Crippen molar-refractivity contribution in [3.63, 3.8) is 0 Å². The number of aldehydes is 1. The maximum atomic E-state index is 10.7. The zero-order valence-electron chi connectivity index (χ0n) is 7.80. The first-order valence-corrected chi connectivity index (χ1v) is 4.40. The minimum Gasteiger partial charge on any atom is -0.364 e. The number of fused-ring (bicyclic) bond motifs is 1. The average Bonchev–Trinajstić information content (AvgIpc) is 2.55. The van der Waals surface area contributed by atoms with Gasteiger partial charge in [0.1, 0.15) is 12.0 Å². The van der Waals surface area contributed by atoms with Crippen LogP contribution in [0.4, 0.5) is 11.4 Å². The molecule has 0 amide bonds. The van der Waals surface area contributed by atoms with Crippen molar-refractivity contribution in [1.29, 1.82) is 0 Å². The van der Waals surface area contributed by atoms with Crippen molar-refractivity contribution < 1.29 is 4.79 Å². The molecule has 1 atom stereocenters. The monoisotopic (exact) mass is 190 g/mol. The number of carbonyl (C=O) groups excluding carboxylic acids is 1. The molecule has 0 radical (unpaired) electrons. The second-order valence-corrected chi connectivity index (χ2v) is 3.42. The Kier molecular flexibility index (Phi) is 2.04. The topological polar surface area (TPSA) is 49.7 Å². The van der Waals surface area contributed by atoms with Crippen LogP contribution in [-0.4, -0.2) is 19.4 Å². The smallest absolute Gasteiger partial charge is 0.142 e. The molecule has 0 spiro atoms. The fraction of sp³-hybridized carbons (Fsp3) is 0.300. The Hall–Kier alpha value is -1.71. The Morgan fingerprint density at radius 3 is 3.00 bits per heavy atom. The number of nitroso groups, excluding NO2 is 1. The van der Waals surface area contributed by atoms with Gasteiger partial charge in [-0.3, -0.25) is 0 Å². The van der Waals surface area contributed by atoms with Crippen LogP contribution < -0.4 is 4.90 Å². The van der Waals surface area contributed by atoms with Crippen LogP contribution in [0.15, 0.2) is 23.4 Å². The van der Waals surface area contributed by atoms with E-state index in [2.05, 4.69) is 5.18 Å². The van der Waals surface area contributed by atoms with Gasteiger partial charge in [-0.15, -0.1) is 4.91 Å².